The predicted molar refractivity (Wildman–Crippen MR) is 173 cm³/mol. The number of anilines is 1. The normalized spacial score (nSPS) is 22.6. The molecule has 46 heavy (non-hydrogen) atoms. The topological polar surface area (TPSA) is 104 Å². The molecule has 2 bridgehead atoms. The van der Waals surface area contributed by atoms with E-state index < -0.39 is 0 Å². The summed E-state index contributed by atoms with van der Waals surface area (Å²) in [7, 11) is 1.64. The molecule has 5 aliphatic rings. The zero-order valence-corrected chi connectivity index (χ0v) is 26.3. The van der Waals surface area contributed by atoms with Crippen molar-refractivity contribution in [2.24, 2.45) is 5.41 Å². The SMILES string of the molecule is COc1ccc(CN2C3CC2CN(c2ccc(-c4cc(OCCN5CCC6(CCOCC6)C5)cn5ncc(C#N)c45)cn2)C3)cn1. The van der Waals surface area contributed by atoms with E-state index >= 15 is 0 Å². The first kappa shape index (κ1) is 29.2. The lowest BCUT2D eigenvalue weighted by Gasteiger charge is -2.56. The van der Waals surface area contributed by atoms with Crippen LogP contribution in [0.25, 0.3) is 16.6 Å². The van der Waals surface area contributed by atoms with Gasteiger partial charge in [0.15, 0.2) is 0 Å². The number of piperidine rings is 1. The Morgan fingerprint density at radius 3 is 2.65 bits per heavy atom. The molecule has 4 aromatic heterocycles. The molecular formula is C35H40N8O3. The maximum atomic E-state index is 9.83. The second-order valence-electron chi connectivity index (χ2n) is 13.3. The highest BCUT2D eigenvalue weighted by Gasteiger charge is 2.44. The molecule has 238 valence electrons. The van der Waals surface area contributed by atoms with E-state index in [1.807, 2.05) is 30.7 Å². The molecule has 5 saturated heterocycles. The fourth-order valence-electron chi connectivity index (χ4n) is 7.90. The van der Waals surface area contributed by atoms with Crippen LogP contribution in [0.15, 0.2) is 55.1 Å². The Labute approximate surface area is 269 Å². The summed E-state index contributed by atoms with van der Waals surface area (Å²) in [5.41, 5.74) is 4.78. The van der Waals surface area contributed by atoms with Crippen molar-refractivity contribution in [2.45, 2.75) is 44.3 Å². The summed E-state index contributed by atoms with van der Waals surface area (Å²) in [6.07, 6.45) is 12.1. The van der Waals surface area contributed by atoms with Crippen molar-refractivity contribution in [3.05, 3.63) is 66.2 Å². The third-order valence-corrected chi connectivity index (χ3v) is 10.6. The summed E-state index contributed by atoms with van der Waals surface area (Å²) < 4.78 is 18.9. The zero-order valence-electron chi connectivity index (χ0n) is 26.3. The van der Waals surface area contributed by atoms with Gasteiger partial charge in [-0.25, -0.2) is 14.5 Å². The Hall–Kier alpha value is -4.24. The first-order chi connectivity index (χ1) is 22.6. The lowest BCUT2D eigenvalue weighted by Crippen LogP contribution is -2.68. The van der Waals surface area contributed by atoms with Crippen LogP contribution in [0, 0.1) is 16.7 Å². The fraction of sp³-hybridized carbons (Fsp3) is 0.486. The molecule has 0 saturated carbocycles. The van der Waals surface area contributed by atoms with Crippen LogP contribution in [0.1, 0.15) is 36.8 Å². The molecule has 9 heterocycles. The van der Waals surface area contributed by atoms with Gasteiger partial charge in [-0.3, -0.25) is 9.80 Å². The van der Waals surface area contributed by atoms with Crippen LogP contribution < -0.4 is 14.4 Å². The first-order valence-corrected chi connectivity index (χ1v) is 16.4. The minimum Gasteiger partial charge on any atom is -0.491 e. The van der Waals surface area contributed by atoms with Crippen molar-refractivity contribution in [1.82, 2.24) is 29.4 Å². The summed E-state index contributed by atoms with van der Waals surface area (Å²) in [5.74, 6) is 2.36. The zero-order chi connectivity index (χ0) is 31.1. The summed E-state index contributed by atoms with van der Waals surface area (Å²) in [6, 6.07) is 13.6. The largest absolute Gasteiger partial charge is 0.491 e. The molecule has 0 radical (unpaired) electrons. The van der Waals surface area contributed by atoms with Crippen LogP contribution in [0.2, 0.25) is 0 Å². The average Bonchev–Trinajstić information content (AvgIpc) is 3.71. The van der Waals surface area contributed by atoms with Crippen molar-refractivity contribution in [2.75, 3.05) is 64.6 Å². The smallest absolute Gasteiger partial charge is 0.212 e. The van der Waals surface area contributed by atoms with Gasteiger partial charge >= 0.3 is 0 Å². The highest BCUT2D eigenvalue weighted by molar-refractivity contribution is 5.85. The van der Waals surface area contributed by atoms with E-state index in [0.29, 0.717) is 35.5 Å². The van der Waals surface area contributed by atoms with Gasteiger partial charge < -0.3 is 19.1 Å². The average molecular weight is 621 g/mol. The van der Waals surface area contributed by atoms with E-state index in [1.54, 1.807) is 17.8 Å². The Morgan fingerprint density at radius 2 is 1.91 bits per heavy atom. The van der Waals surface area contributed by atoms with Gasteiger partial charge in [0.1, 0.15) is 24.2 Å². The summed E-state index contributed by atoms with van der Waals surface area (Å²) in [6.45, 7) is 8.32. The van der Waals surface area contributed by atoms with Crippen LogP contribution in [-0.2, 0) is 11.3 Å². The third-order valence-electron chi connectivity index (χ3n) is 10.6. The number of rotatable bonds is 9. The molecule has 11 nitrogen and oxygen atoms in total. The molecule has 4 aromatic rings. The molecule has 2 unspecified atom stereocenters. The molecule has 0 aliphatic carbocycles. The highest BCUT2D eigenvalue weighted by Crippen LogP contribution is 2.40. The van der Waals surface area contributed by atoms with E-state index in [9.17, 15) is 5.26 Å². The fourth-order valence-corrected chi connectivity index (χ4v) is 7.90. The van der Waals surface area contributed by atoms with Gasteiger partial charge in [-0.15, -0.1) is 0 Å². The monoisotopic (exact) mass is 620 g/mol. The maximum absolute atomic E-state index is 9.83. The highest BCUT2D eigenvalue weighted by atomic mass is 16.5. The molecule has 5 aliphatic heterocycles. The number of hydrogen-bond acceptors (Lipinski definition) is 10. The van der Waals surface area contributed by atoms with Crippen molar-refractivity contribution < 1.29 is 14.2 Å². The number of piperazine rings is 1. The van der Waals surface area contributed by atoms with E-state index in [-0.39, 0.29) is 0 Å². The second kappa shape index (κ2) is 12.2. The molecule has 0 amide bonds. The number of methoxy groups -OCH3 is 1. The first-order valence-electron chi connectivity index (χ1n) is 16.4. The van der Waals surface area contributed by atoms with Gasteiger partial charge in [0.2, 0.25) is 5.88 Å². The Bertz CT molecular complexity index is 1720. The second-order valence-corrected chi connectivity index (χ2v) is 13.3. The van der Waals surface area contributed by atoms with Crippen molar-refractivity contribution >= 4 is 11.3 Å². The van der Waals surface area contributed by atoms with Gasteiger partial charge in [-0.1, -0.05) is 6.07 Å². The Kier molecular flexibility index (Phi) is 7.72. The Balaban J connectivity index is 0.937. The minimum absolute atomic E-state index is 0.426. The number of nitrogens with zero attached hydrogens (tertiary/aromatic N) is 8. The van der Waals surface area contributed by atoms with Gasteiger partial charge in [0.25, 0.3) is 0 Å². The number of hydrogen-bond donors (Lipinski definition) is 0. The molecular weight excluding hydrogens is 580 g/mol. The molecule has 0 aromatic carbocycles. The van der Waals surface area contributed by atoms with Gasteiger partial charge in [0.05, 0.1) is 30.6 Å². The van der Waals surface area contributed by atoms with E-state index in [4.69, 9.17) is 19.2 Å². The van der Waals surface area contributed by atoms with Crippen molar-refractivity contribution in [1.29, 1.82) is 5.26 Å². The molecule has 11 heteroatoms. The third kappa shape index (κ3) is 5.55. The summed E-state index contributed by atoms with van der Waals surface area (Å²) in [4.78, 5) is 16.8. The number of aromatic nitrogens is 4. The number of likely N-dealkylation sites (tertiary alicyclic amines) is 1. The quantitative estimate of drug-likeness (QED) is 0.273. The van der Waals surface area contributed by atoms with Gasteiger partial charge in [-0.2, -0.15) is 10.4 Å². The van der Waals surface area contributed by atoms with E-state index in [2.05, 4.69) is 49.1 Å². The lowest BCUT2D eigenvalue weighted by molar-refractivity contribution is -0.00876. The van der Waals surface area contributed by atoms with Gasteiger partial charge in [-0.05, 0) is 61.4 Å². The number of nitriles is 1. The lowest BCUT2D eigenvalue weighted by atomic mass is 9.80. The maximum Gasteiger partial charge on any atom is 0.212 e. The molecule has 2 atom stereocenters. The van der Waals surface area contributed by atoms with E-state index in [1.165, 1.54) is 18.4 Å². The van der Waals surface area contributed by atoms with E-state index in [0.717, 1.165) is 93.5 Å². The number of ether oxygens (including phenoxy) is 3. The van der Waals surface area contributed by atoms with Crippen LogP contribution in [0.5, 0.6) is 11.6 Å². The van der Waals surface area contributed by atoms with Crippen LogP contribution >= 0.6 is 0 Å². The van der Waals surface area contributed by atoms with Crippen LogP contribution in [-0.4, -0.2) is 101 Å². The van der Waals surface area contributed by atoms with Crippen molar-refractivity contribution in [3.8, 4) is 28.8 Å². The standard InChI is InChI=1S/C35H40N8O3/c1-44-33-5-2-25(17-38-33)20-42-28-14-29(42)22-41(21-28)32-4-3-26(18-37-32)31-15-30(23-43-34(31)27(16-36)19-39-43)46-13-10-40-9-6-35(24-40)7-11-45-12-8-35/h2-5,15,17-19,23,28-29H,6-14,20-22,24H2,1H3. The number of fused-ring (bicyclic) bond motifs is 3. The predicted octanol–water partition coefficient (Wildman–Crippen LogP) is 4.02. The molecule has 1 spiro atoms. The molecule has 0 N–H and O–H groups in total. The van der Waals surface area contributed by atoms with Gasteiger partial charge in [0, 0.05) is 87.6 Å². The molecule has 9 rings (SSSR count). The van der Waals surface area contributed by atoms with Crippen molar-refractivity contribution in [3.63, 3.8) is 0 Å². The summed E-state index contributed by atoms with van der Waals surface area (Å²) in [5, 5.41) is 14.3. The van der Waals surface area contributed by atoms with Crippen LogP contribution in [0.3, 0.4) is 0 Å². The van der Waals surface area contributed by atoms with Crippen LogP contribution in [0.4, 0.5) is 5.82 Å². The molecule has 5 fully saturated rings. The Morgan fingerprint density at radius 1 is 1.04 bits per heavy atom. The minimum atomic E-state index is 0.426. The summed E-state index contributed by atoms with van der Waals surface area (Å²) >= 11 is 0. The number of pyridine rings is 3.